The van der Waals surface area contributed by atoms with Gasteiger partial charge in [0.25, 0.3) is 5.91 Å². The molecule has 1 aliphatic rings. The number of fused-ring (bicyclic) bond motifs is 1. The molecule has 0 atom stereocenters. The van der Waals surface area contributed by atoms with Gasteiger partial charge in [-0.3, -0.25) is 10.2 Å². The molecular formula is C32H33N3O2. The van der Waals surface area contributed by atoms with Crippen LogP contribution in [0, 0.1) is 12.3 Å². The molecule has 5 heteroatoms. The summed E-state index contributed by atoms with van der Waals surface area (Å²) in [4.78, 5) is 15.9. The van der Waals surface area contributed by atoms with Gasteiger partial charge < -0.3 is 9.32 Å². The highest BCUT2D eigenvalue weighted by Gasteiger charge is 2.37. The monoisotopic (exact) mass is 491 g/mol. The number of carbonyl (C=O) groups is 1. The van der Waals surface area contributed by atoms with Gasteiger partial charge in [0.1, 0.15) is 5.76 Å². The van der Waals surface area contributed by atoms with Gasteiger partial charge in [0.05, 0.1) is 11.4 Å². The first kappa shape index (κ1) is 24.6. The van der Waals surface area contributed by atoms with E-state index >= 15 is 0 Å². The van der Waals surface area contributed by atoms with Crippen molar-refractivity contribution in [2.75, 3.05) is 5.43 Å². The average molecular weight is 492 g/mol. The Bertz CT molecular complexity index is 1350. The van der Waals surface area contributed by atoms with E-state index in [9.17, 15) is 4.79 Å². The van der Waals surface area contributed by atoms with Crippen molar-refractivity contribution in [1.82, 2.24) is 4.90 Å². The highest BCUT2D eigenvalue weighted by Crippen LogP contribution is 2.39. The van der Waals surface area contributed by atoms with E-state index in [4.69, 9.17) is 9.52 Å². The van der Waals surface area contributed by atoms with Crippen LogP contribution < -0.4 is 5.43 Å². The molecule has 0 saturated carbocycles. The highest BCUT2D eigenvalue weighted by atomic mass is 16.4. The Hall–Kier alpha value is -4.12. The largest absolute Gasteiger partial charge is 0.455 e. The number of rotatable bonds is 7. The van der Waals surface area contributed by atoms with E-state index in [-0.39, 0.29) is 11.3 Å². The fraction of sp³-hybridized carbons (Fsp3) is 0.250. The summed E-state index contributed by atoms with van der Waals surface area (Å²) in [6.07, 6.45) is 1.56. The van der Waals surface area contributed by atoms with Crippen LogP contribution in [0.25, 0.3) is 0 Å². The number of hydrogen-bond donors (Lipinski definition) is 1. The Morgan fingerprint density at radius 2 is 1.41 bits per heavy atom. The molecule has 1 amide bonds. The average Bonchev–Trinajstić information content (AvgIpc) is 3.23. The van der Waals surface area contributed by atoms with E-state index in [1.165, 1.54) is 0 Å². The fourth-order valence-corrected chi connectivity index (χ4v) is 5.01. The predicted octanol–water partition coefficient (Wildman–Crippen LogP) is 7.22. The van der Waals surface area contributed by atoms with Crippen molar-refractivity contribution in [2.24, 2.45) is 10.5 Å². The van der Waals surface area contributed by atoms with Crippen molar-refractivity contribution in [3.8, 4) is 0 Å². The van der Waals surface area contributed by atoms with Crippen molar-refractivity contribution >= 4 is 17.3 Å². The summed E-state index contributed by atoms with van der Waals surface area (Å²) in [5.41, 5.74) is 9.00. The van der Waals surface area contributed by atoms with Crippen LogP contribution in [0.15, 0.2) is 101 Å². The van der Waals surface area contributed by atoms with Crippen LogP contribution >= 0.6 is 0 Å². The quantitative estimate of drug-likeness (QED) is 0.278. The second-order valence-corrected chi connectivity index (χ2v) is 10.5. The first-order valence-corrected chi connectivity index (χ1v) is 12.8. The third-order valence-corrected chi connectivity index (χ3v) is 6.80. The molecule has 5 rings (SSSR count). The number of para-hydroxylation sites is 1. The number of benzene rings is 3. The molecule has 0 radical (unpaired) electrons. The van der Waals surface area contributed by atoms with Gasteiger partial charge in [0.2, 0.25) is 0 Å². The van der Waals surface area contributed by atoms with Crippen molar-refractivity contribution in [1.29, 1.82) is 0 Å². The van der Waals surface area contributed by atoms with Crippen LogP contribution in [-0.2, 0) is 19.5 Å². The summed E-state index contributed by atoms with van der Waals surface area (Å²) >= 11 is 0. The number of nitrogens with one attached hydrogen (secondary N) is 1. The topological polar surface area (TPSA) is 57.8 Å². The standard InChI is InChI=1S/C32H33N3O2/c1-23-29-27(34-33-26-17-11-6-12-18-26)19-32(2,3)20-28(29)37-30(23)31(36)35(21-24-13-7-4-8-14-24)22-25-15-9-5-10-16-25/h4-18,33H,19-22H2,1-3H3/b34-27-. The minimum absolute atomic E-state index is 0.0252. The Morgan fingerprint density at radius 1 is 0.865 bits per heavy atom. The lowest BCUT2D eigenvalue weighted by atomic mass is 9.75. The molecule has 0 aliphatic heterocycles. The summed E-state index contributed by atoms with van der Waals surface area (Å²) in [5.74, 6) is 1.14. The molecule has 1 aliphatic carbocycles. The van der Waals surface area contributed by atoms with Crippen LogP contribution in [0.2, 0.25) is 0 Å². The number of amides is 1. The van der Waals surface area contributed by atoms with E-state index in [0.717, 1.165) is 52.3 Å². The molecule has 0 spiro atoms. The molecule has 3 aromatic carbocycles. The van der Waals surface area contributed by atoms with Crippen molar-refractivity contribution < 1.29 is 9.21 Å². The third kappa shape index (κ3) is 5.67. The normalized spacial score (nSPS) is 15.3. The molecule has 1 heterocycles. The van der Waals surface area contributed by atoms with E-state index in [1.807, 2.05) is 103 Å². The van der Waals surface area contributed by atoms with Crippen molar-refractivity contribution in [2.45, 2.75) is 46.7 Å². The molecule has 0 bridgehead atoms. The van der Waals surface area contributed by atoms with Crippen LogP contribution in [-0.4, -0.2) is 16.5 Å². The van der Waals surface area contributed by atoms with Gasteiger partial charge in [-0.05, 0) is 42.0 Å². The summed E-state index contributed by atoms with van der Waals surface area (Å²) < 4.78 is 6.37. The first-order chi connectivity index (χ1) is 17.9. The maximum atomic E-state index is 14.0. The molecule has 1 N–H and O–H groups in total. The number of carbonyl (C=O) groups excluding carboxylic acids is 1. The predicted molar refractivity (Wildman–Crippen MR) is 149 cm³/mol. The van der Waals surface area contributed by atoms with Crippen LogP contribution in [0.5, 0.6) is 0 Å². The summed E-state index contributed by atoms with van der Waals surface area (Å²) in [6.45, 7) is 7.41. The summed E-state index contributed by atoms with van der Waals surface area (Å²) in [7, 11) is 0. The molecule has 0 fully saturated rings. The zero-order valence-corrected chi connectivity index (χ0v) is 21.7. The Labute approximate surface area is 218 Å². The first-order valence-electron chi connectivity index (χ1n) is 12.8. The Kier molecular flexibility index (Phi) is 6.95. The van der Waals surface area contributed by atoms with Gasteiger partial charge in [0, 0.05) is 30.6 Å². The van der Waals surface area contributed by atoms with Gasteiger partial charge in [-0.1, -0.05) is 92.7 Å². The number of furan rings is 1. The van der Waals surface area contributed by atoms with Crippen LogP contribution in [0.3, 0.4) is 0 Å². The second kappa shape index (κ2) is 10.5. The van der Waals surface area contributed by atoms with E-state index in [2.05, 4.69) is 19.3 Å². The molecule has 0 unspecified atom stereocenters. The third-order valence-electron chi connectivity index (χ3n) is 6.80. The number of anilines is 1. The summed E-state index contributed by atoms with van der Waals surface area (Å²) in [5, 5.41) is 4.79. The van der Waals surface area contributed by atoms with Gasteiger partial charge >= 0.3 is 0 Å². The fourth-order valence-electron chi connectivity index (χ4n) is 5.01. The minimum Gasteiger partial charge on any atom is -0.455 e. The van der Waals surface area contributed by atoms with E-state index in [0.29, 0.717) is 18.8 Å². The zero-order valence-electron chi connectivity index (χ0n) is 21.7. The molecule has 4 aromatic rings. The lowest BCUT2D eigenvalue weighted by Crippen LogP contribution is -2.30. The summed E-state index contributed by atoms with van der Waals surface area (Å²) in [6, 6.07) is 30.1. The van der Waals surface area contributed by atoms with Gasteiger partial charge in [-0.15, -0.1) is 0 Å². The molecule has 0 saturated heterocycles. The smallest absolute Gasteiger partial charge is 0.290 e. The number of hydrogen-bond acceptors (Lipinski definition) is 4. The van der Waals surface area contributed by atoms with Gasteiger partial charge in [-0.25, -0.2) is 0 Å². The SMILES string of the molecule is Cc1c(C(=O)N(Cc2ccccc2)Cc2ccccc2)oc2c1/C(=N\Nc1ccccc1)CC(C)(C)C2. The van der Waals surface area contributed by atoms with E-state index in [1.54, 1.807) is 0 Å². The zero-order chi connectivity index (χ0) is 25.8. The molecule has 37 heavy (non-hydrogen) atoms. The number of nitrogens with zero attached hydrogens (tertiary/aromatic N) is 2. The molecule has 188 valence electrons. The van der Waals surface area contributed by atoms with Crippen LogP contribution in [0.4, 0.5) is 5.69 Å². The highest BCUT2D eigenvalue weighted by molar-refractivity contribution is 6.07. The molecule has 1 aromatic heterocycles. The lowest BCUT2D eigenvalue weighted by molar-refractivity contribution is 0.0693. The maximum Gasteiger partial charge on any atom is 0.290 e. The van der Waals surface area contributed by atoms with Crippen LogP contribution in [0.1, 0.15) is 58.8 Å². The second-order valence-electron chi connectivity index (χ2n) is 10.5. The maximum absolute atomic E-state index is 14.0. The Morgan fingerprint density at radius 3 is 1.97 bits per heavy atom. The lowest BCUT2D eigenvalue weighted by Gasteiger charge is -2.29. The molecular weight excluding hydrogens is 458 g/mol. The Balaban J connectivity index is 1.50. The van der Waals surface area contributed by atoms with Gasteiger partial charge in [-0.2, -0.15) is 5.10 Å². The van der Waals surface area contributed by atoms with Gasteiger partial charge in [0.15, 0.2) is 5.76 Å². The van der Waals surface area contributed by atoms with Crippen molar-refractivity contribution in [3.05, 3.63) is 125 Å². The van der Waals surface area contributed by atoms with E-state index < -0.39 is 0 Å². The minimum atomic E-state index is -0.104. The van der Waals surface area contributed by atoms with Crippen molar-refractivity contribution in [3.63, 3.8) is 0 Å². The molecule has 5 nitrogen and oxygen atoms in total. The number of hydrazone groups is 1.